The number of hydrogen-bond donors (Lipinski definition) is 2. The zero-order valence-corrected chi connectivity index (χ0v) is 15.0. The van der Waals surface area contributed by atoms with Crippen LogP contribution in [0.25, 0.3) is 0 Å². The van der Waals surface area contributed by atoms with E-state index in [2.05, 4.69) is 44.8 Å². The highest BCUT2D eigenvalue weighted by molar-refractivity contribution is 7.09. The fraction of sp³-hybridized carbons (Fsp3) is 0.444. The topological polar surface area (TPSA) is 57.3 Å². The molecule has 0 saturated carbocycles. The quantitative estimate of drug-likeness (QED) is 0.866. The number of urea groups is 1. The molecule has 0 radical (unpaired) electrons. The first-order chi connectivity index (χ1) is 11.6. The minimum Gasteiger partial charge on any atom is -0.372 e. The average Bonchev–Trinajstić information content (AvgIpc) is 3.28. The molecule has 1 fully saturated rings. The number of carbonyl (C=O) groups excluding carboxylic acids is 1. The first-order valence-electron chi connectivity index (χ1n) is 8.45. The van der Waals surface area contributed by atoms with Gasteiger partial charge in [-0.05, 0) is 44.4 Å². The van der Waals surface area contributed by atoms with Crippen LogP contribution in [0.4, 0.5) is 10.5 Å². The molecule has 128 valence electrons. The number of nitrogens with one attached hydrogen (secondary N) is 2. The molecule has 1 saturated heterocycles. The first-order valence-corrected chi connectivity index (χ1v) is 9.33. The van der Waals surface area contributed by atoms with Crippen molar-refractivity contribution in [3.63, 3.8) is 0 Å². The summed E-state index contributed by atoms with van der Waals surface area (Å²) in [6.07, 6.45) is 4.27. The Hall–Kier alpha value is -2.08. The highest BCUT2D eigenvalue weighted by Gasteiger charge is 2.16. The van der Waals surface area contributed by atoms with Gasteiger partial charge in [-0.3, -0.25) is 0 Å². The molecule has 3 rings (SSSR count). The van der Waals surface area contributed by atoms with Crippen LogP contribution in [0.3, 0.4) is 0 Å². The summed E-state index contributed by atoms with van der Waals surface area (Å²) in [5.41, 5.74) is 2.37. The minimum atomic E-state index is -0.170. The number of anilines is 1. The molecule has 1 aliphatic rings. The SMILES string of the molecule is CC(NC(=O)NC(C)c1nccs1)c1cccc(N2CCCC2)c1. The summed E-state index contributed by atoms with van der Waals surface area (Å²) in [4.78, 5) is 18.9. The standard InChI is InChI=1S/C18H24N4OS/c1-13(20-18(23)21-14(2)17-19-8-11-24-17)15-6-5-7-16(12-15)22-9-3-4-10-22/h5-8,11-14H,3-4,9-10H2,1-2H3,(H2,20,21,23). The van der Waals surface area contributed by atoms with E-state index >= 15 is 0 Å². The molecule has 6 heteroatoms. The van der Waals surface area contributed by atoms with Gasteiger partial charge in [-0.1, -0.05) is 12.1 Å². The van der Waals surface area contributed by atoms with Crippen molar-refractivity contribution in [2.75, 3.05) is 18.0 Å². The van der Waals surface area contributed by atoms with E-state index in [1.54, 1.807) is 17.5 Å². The Morgan fingerprint density at radius 1 is 1.21 bits per heavy atom. The maximum absolute atomic E-state index is 12.2. The Morgan fingerprint density at radius 2 is 1.96 bits per heavy atom. The summed E-state index contributed by atoms with van der Waals surface area (Å²) in [5, 5.41) is 8.78. The molecule has 1 aliphatic heterocycles. The van der Waals surface area contributed by atoms with Gasteiger partial charge in [-0.2, -0.15) is 0 Å². The van der Waals surface area contributed by atoms with E-state index in [0.717, 1.165) is 23.7 Å². The second-order valence-electron chi connectivity index (χ2n) is 6.22. The highest BCUT2D eigenvalue weighted by Crippen LogP contribution is 2.24. The van der Waals surface area contributed by atoms with Crippen molar-refractivity contribution in [2.45, 2.75) is 38.8 Å². The number of amides is 2. The van der Waals surface area contributed by atoms with Crippen molar-refractivity contribution in [1.82, 2.24) is 15.6 Å². The fourth-order valence-electron chi connectivity index (χ4n) is 2.99. The largest absolute Gasteiger partial charge is 0.372 e. The Balaban J connectivity index is 1.58. The van der Waals surface area contributed by atoms with Gasteiger partial charge in [-0.25, -0.2) is 9.78 Å². The van der Waals surface area contributed by atoms with E-state index in [0.29, 0.717) is 0 Å². The fourth-order valence-corrected chi connectivity index (χ4v) is 3.64. The minimum absolute atomic E-state index is 0.0453. The number of benzene rings is 1. The number of aromatic nitrogens is 1. The normalized spacial score (nSPS) is 16.7. The zero-order valence-electron chi connectivity index (χ0n) is 14.2. The van der Waals surface area contributed by atoms with Crippen LogP contribution in [0.5, 0.6) is 0 Å². The van der Waals surface area contributed by atoms with E-state index < -0.39 is 0 Å². The van der Waals surface area contributed by atoms with Crippen molar-refractivity contribution in [1.29, 1.82) is 0 Å². The average molecular weight is 344 g/mol. The smallest absolute Gasteiger partial charge is 0.315 e. The predicted octanol–water partition coefficient (Wildman–Crippen LogP) is 3.86. The lowest BCUT2D eigenvalue weighted by Crippen LogP contribution is -2.38. The van der Waals surface area contributed by atoms with Gasteiger partial charge >= 0.3 is 6.03 Å². The number of nitrogens with zero attached hydrogens (tertiary/aromatic N) is 2. The van der Waals surface area contributed by atoms with Gasteiger partial charge in [0.1, 0.15) is 5.01 Å². The number of rotatable bonds is 5. The van der Waals surface area contributed by atoms with E-state index in [-0.39, 0.29) is 18.1 Å². The van der Waals surface area contributed by atoms with Crippen LogP contribution in [-0.4, -0.2) is 24.1 Å². The molecular weight excluding hydrogens is 320 g/mol. The first kappa shape index (κ1) is 16.8. The van der Waals surface area contributed by atoms with Crippen molar-refractivity contribution >= 4 is 23.1 Å². The Bertz CT molecular complexity index is 667. The predicted molar refractivity (Wildman–Crippen MR) is 98.5 cm³/mol. The van der Waals surface area contributed by atoms with Gasteiger partial charge in [0.15, 0.2) is 0 Å². The molecule has 2 N–H and O–H groups in total. The van der Waals surface area contributed by atoms with Crippen LogP contribution in [0.15, 0.2) is 35.8 Å². The summed E-state index contributed by atoms with van der Waals surface area (Å²) >= 11 is 1.55. The lowest BCUT2D eigenvalue weighted by molar-refractivity contribution is 0.235. The summed E-state index contributed by atoms with van der Waals surface area (Å²) in [5.74, 6) is 0. The Kier molecular flexibility index (Phi) is 5.35. The van der Waals surface area contributed by atoms with Gasteiger partial charge in [0.2, 0.25) is 0 Å². The summed E-state index contributed by atoms with van der Waals surface area (Å²) in [6, 6.07) is 8.15. The third-order valence-electron chi connectivity index (χ3n) is 4.36. The zero-order chi connectivity index (χ0) is 16.9. The van der Waals surface area contributed by atoms with Crippen LogP contribution in [-0.2, 0) is 0 Å². The molecule has 5 nitrogen and oxygen atoms in total. The summed E-state index contributed by atoms with van der Waals surface area (Å²) < 4.78 is 0. The molecule has 24 heavy (non-hydrogen) atoms. The molecular formula is C18H24N4OS. The van der Waals surface area contributed by atoms with Crippen molar-refractivity contribution in [2.24, 2.45) is 0 Å². The molecule has 2 aromatic rings. The molecule has 2 atom stereocenters. The molecule has 1 aromatic heterocycles. The third kappa shape index (κ3) is 4.06. The molecule has 2 amide bonds. The number of hydrogen-bond acceptors (Lipinski definition) is 4. The highest BCUT2D eigenvalue weighted by atomic mass is 32.1. The van der Waals surface area contributed by atoms with Gasteiger partial charge in [0, 0.05) is 30.4 Å². The van der Waals surface area contributed by atoms with Crippen LogP contribution in [0.2, 0.25) is 0 Å². The van der Waals surface area contributed by atoms with Crippen LogP contribution in [0.1, 0.15) is 49.3 Å². The number of thiazole rings is 1. The van der Waals surface area contributed by atoms with Crippen molar-refractivity contribution in [3.05, 3.63) is 46.4 Å². The second kappa shape index (κ2) is 7.66. The van der Waals surface area contributed by atoms with Gasteiger partial charge in [0.25, 0.3) is 0 Å². The van der Waals surface area contributed by atoms with Crippen molar-refractivity contribution < 1.29 is 4.79 Å². The molecule has 2 heterocycles. The maximum Gasteiger partial charge on any atom is 0.315 e. The molecule has 2 unspecified atom stereocenters. The van der Waals surface area contributed by atoms with Crippen molar-refractivity contribution in [3.8, 4) is 0 Å². The van der Waals surface area contributed by atoms with Crippen LogP contribution < -0.4 is 15.5 Å². The van der Waals surface area contributed by atoms with E-state index in [4.69, 9.17) is 0 Å². The maximum atomic E-state index is 12.2. The Morgan fingerprint density at radius 3 is 2.67 bits per heavy atom. The van der Waals surface area contributed by atoms with Crippen LogP contribution >= 0.6 is 11.3 Å². The van der Waals surface area contributed by atoms with E-state index in [1.165, 1.54) is 18.5 Å². The van der Waals surface area contributed by atoms with Gasteiger partial charge in [0.05, 0.1) is 12.1 Å². The van der Waals surface area contributed by atoms with Gasteiger partial charge < -0.3 is 15.5 Å². The summed E-state index contributed by atoms with van der Waals surface area (Å²) in [6.45, 7) is 6.20. The lowest BCUT2D eigenvalue weighted by atomic mass is 10.1. The van der Waals surface area contributed by atoms with Gasteiger partial charge in [-0.15, -0.1) is 11.3 Å². The lowest BCUT2D eigenvalue weighted by Gasteiger charge is -2.21. The number of carbonyl (C=O) groups is 1. The molecule has 0 spiro atoms. The molecule has 0 bridgehead atoms. The Labute approximate surface area is 147 Å². The monoisotopic (exact) mass is 344 g/mol. The molecule has 0 aliphatic carbocycles. The van der Waals surface area contributed by atoms with Crippen LogP contribution in [0, 0.1) is 0 Å². The van der Waals surface area contributed by atoms with E-state index in [9.17, 15) is 4.79 Å². The van der Waals surface area contributed by atoms with E-state index in [1.807, 2.05) is 19.2 Å². The molecule has 1 aromatic carbocycles. The summed E-state index contributed by atoms with van der Waals surface area (Å²) in [7, 11) is 0. The third-order valence-corrected chi connectivity index (χ3v) is 5.32. The second-order valence-corrected chi connectivity index (χ2v) is 7.15.